The van der Waals surface area contributed by atoms with E-state index >= 15 is 0 Å². The van der Waals surface area contributed by atoms with Crippen LogP contribution in [0, 0.1) is 0 Å². The van der Waals surface area contributed by atoms with Gasteiger partial charge in [0.1, 0.15) is 6.10 Å². The number of carbonyl (C=O) groups is 2. The van der Waals surface area contributed by atoms with Crippen molar-refractivity contribution in [2.45, 2.75) is 206 Å². The van der Waals surface area contributed by atoms with E-state index < -0.39 is 0 Å². The van der Waals surface area contributed by atoms with Crippen LogP contribution >= 0.6 is 0 Å². The molecule has 0 aliphatic carbocycles. The van der Waals surface area contributed by atoms with Gasteiger partial charge in [-0.15, -0.1) is 0 Å². The van der Waals surface area contributed by atoms with Gasteiger partial charge in [0, 0.05) is 25.8 Å². The monoisotopic (exact) mass is 564 g/mol. The summed E-state index contributed by atoms with van der Waals surface area (Å²) in [7, 11) is 0. The van der Waals surface area contributed by atoms with Crippen LogP contribution in [-0.4, -0.2) is 36.0 Å². The van der Waals surface area contributed by atoms with E-state index in [0.717, 1.165) is 38.6 Å². The standard InChI is InChI=1S/C36H69NO3/c1-3-5-7-9-11-13-15-17-19-21-23-25-27-29-35(38)37-32-31-34(33-37)40-36(39)30-28-26-24-22-20-18-16-14-12-10-8-6-4-2/h34H,3-33H2,1-2H3. The van der Waals surface area contributed by atoms with Gasteiger partial charge in [0.25, 0.3) is 0 Å². The second-order valence-corrected chi connectivity index (χ2v) is 12.7. The molecule has 1 saturated heterocycles. The summed E-state index contributed by atoms with van der Waals surface area (Å²) in [6.07, 6.45) is 36.2. The number of amides is 1. The number of hydrogen-bond acceptors (Lipinski definition) is 3. The molecule has 0 saturated carbocycles. The van der Waals surface area contributed by atoms with Gasteiger partial charge in [-0.2, -0.15) is 0 Å². The van der Waals surface area contributed by atoms with Gasteiger partial charge in [-0.25, -0.2) is 0 Å². The zero-order valence-electron chi connectivity index (χ0n) is 27.2. The first kappa shape index (κ1) is 37.0. The van der Waals surface area contributed by atoms with Gasteiger partial charge >= 0.3 is 5.97 Å². The lowest BCUT2D eigenvalue weighted by Crippen LogP contribution is -2.30. The van der Waals surface area contributed by atoms with E-state index in [1.807, 2.05) is 4.90 Å². The average molecular weight is 564 g/mol. The van der Waals surface area contributed by atoms with Gasteiger partial charge in [-0.1, -0.05) is 168 Å². The highest BCUT2D eigenvalue weighted by Crippen LogP contribution is 2.18. The second-order valence-electron chi connectivity index (χ2n) is 12.7. The Morgan fingerprint density at radius 2 is 0.875 bits per heavy atom. The molecular formula is C36H69NO3. The predicted molar refractivity (Wildman–Crippen MR) is 172 cm³/mol. The predicted octanol–water partition coefficient (Wildman–Crippen LogP) is 11.1. The highest BCUT2D eigenvalue weighted by atomic mass is 16.5. The molecule has 1 atom stereocenters. The second kappa shape index (κ2) is 28.1. The lowest BCUT2D eigenvalue weighted by molar-refractivity contribution is -0.149. The molecule has 40 heavy (non-hydrogen) atoms. The molecule has 0 spiro atoms. The molecule has 1 heterocycles. The van der Waals surface area contributed by atoms with E-state index in [4.69, 9.17) is 4.74 Å². The highest BCUT2D eigenvalue weighted by Gasteiger charge is 2.28. The minimum Gasteiger partial charge on any atom is -0.460 e. The molecule has 4 heteroatoms. The van der Waals surface area contributed by atoms with Crippen LogP contribution in [-0.2, 0) is 14.3 Å². The first-order chi connectivity index (χ1) is 19.7. The Kier molecular flexibility index (Phi) is 25.9. The Balaban J connectivity index is 1.88. The topological polar surface area (TPSA) is 46.6 Å². The van der Waals surface area contributed by atoms with E-state index in [9.17, 15) is 9.59 Å². The lowest BCUT2D eigenvalue weighted by atomic mass is 10.0. The molecule has 0 aromatic heterocycles. The normalized spacial score (nSPS) is 15.2. The van der Waals surface area contributed by atoms with Crippen molar-refractivity contribution in [2.24, 2.45) is 0 Å². The molecule has 1 rings (SSSR count). The zero-order valence-corrected chi connectivity index (χ0v) is 27.2. The molecule has 0 aromatic carbocycles. The summed E-state index contributed by atoms with van der Waals surface area (Å²) in [6.45, 7) is 5.89. The Labute approximate surface area is 250 Å². The maximum atomic E-state index is 12.6. The number of hydrogen-bond donors (Lipinski definition) is 0. The third-order valence-corrected chi connectivity index (χ3v) is 8.77. The Morgan fingerprint density at radius 1 is 0.525 bits per heavy atom. The quantitative estimate of drug-likeness (QED) is 0.0671. The third-order valence-electron chi connectivity index (χ3n) is 8.77. The molecule has 236 valence electrons. The van der Waals surface area contributed by atoms with Crippen LogP contribution in [0.4, 0.5) is 0 Å². The number of nitrogens with zero attached hydrogens (tertiary/aromatic N) is 1. The first-order valence-electron chi connectivity index (χ1n) is 18.1. The molecule has 1 unspecified atom stereocenters. The zero-order chi connectivity index (χ0) is 28.9. The van der Waals surface area contributed by atoms with Crippen LogP contribution in [0.3, 0.4) is 0 Å². The Hall–Kier alpha value is -1.06. The third kappa shape index (κ3) is 22.6. The summed E-state index contributed by atoms with van der Waals surface area (Å²) < 4.78 is 5.69. The van der Waals surface area contributed by atoms with Crippen molar-refractivity contribution < 1.29 is 14.3 Å². The van der Waals surface area contributed by atoms with Gasteiger partial charge in [0.2, 0.25) is 5.91 Å². The van der Waals surface area contributed by atoms with Gasteiger partial charge in [-0.05, 0) is 12.8 Å². The number of likely N-dealkylation sites (tertiary alicyclic amines) is 1. The molecule has 1 amide bonds. The Morgan fingerprint density at radius 3 is 1.27 bits per heavy atom. The fraction of sp³-hybridized carbons (Fsp3) is 0.944. The molecule has 4 nitrogen and oxygen atoms in total. The summed E-state index contributed by atoms with van der Waals surface area (Å²) in [5.41, 5.74) is 0. The van der Waals surface area contributed by atoms with Crippen LogP contribution < -0.4 is 0 Å². The van der Waals surface area contributed by atoms with Crippen molar-refractivity contribution in [1.82, 2.24) is 4.90 Å². The van der Waals surface area contributed by atoms with Gasteiger partial charge in [0.05, 0.1) is 6.54 Å². The van der Waals surface area contributed by atoms with Crippen molar-refractivity contribution >= 4 is 11.9 Å². The van der Waals surface area contributed by atoms with Crippen molar-refractivity contribution in [3.05, 3.63) is 0 Å². The molecule has 0 aromatic rings. The lowest BCUT2D eigenvalue weighted by Gasteiger charge is -2.16. The largest absolute Gasteiger partial charge is 0.460 e. The summed E-state index contributed by atoms with van der Waals surface area (Å²) in [6, 6.07) is 0. The van der Waals surface area contributed by atoms with E-state index in [1.54, 1.807) is 0 Å². The Bertz CT molecular complexity index is 578. The molecule has 0 bridgehead atoms. The van der Waals surface area contributed by atoms with E-state index in [0.29, 0.717) is 19.4 Å². The summed E-state index contributed by atoms with van der Waals surface area (Å²) in [5.74, 6) is 0.178. The number of ether oxygens (including phenoxy) is 1. The number of esters is 1. The fourth-order valence-corrected chi connectivity index (χ4v) is 6.03. The maximum absolute atomic E-state index is 12.6. The minimum absolute atomic E-state index is 0.0705. The van der Waals surface area contributed by atoms with Crippen LogP contribution in [0.5, 0.6) is 0 Å². The van der Waals surface area contributed by atoms with Crippen LogP contribution in [0.2, 0.25) is 0 Å². The SMILES string of the molecule is CCCCCCCCCCCCCCCC(=O)OC1CCN(C(=O)CCCCCCCCCCCCCCC)C1. The van der Waals surface area contributed by atoms with Crippen molar-refractivity contribution in [1.29, 1.82) is 0 Å². The number of carbonyl (C=O) groups excluding carboxylic acids is 2. The first-order valence-corrected chi connectivity index (χ1v) is 18.1. The number of rotatable bonds is 29. The summed E-state index contributed by atoms with van der Waals surface area (Å²) in [5, 5.41) is 0. The molecular weight excluding hydrogens is 494 g/mol. The van der Waals surface area contributed by atoms with E-state index in [2.05, 4.69) is 13.8 Å². The van der Waals surface area contributed by atoms with Crippen molar-refractivity contribution in [2.75, 3.05) is 13.1 Å². The van der Waals surface area contributed by atoms with E-state index in [1.165, 1.54) is 141 Å². The van der Waals surface area contributed by atoms with Crippen molar-refractivity contribution in [3.63, 3.8) is 0 Å². The molecule has 0 N–H and O–H groups in total. The van der Waals surface area contributed by atoms with E-state index in [-0.39, 0.29) is 18.0 Å². The fourth-order valence-electron chi connectivity index (χ4n) is 6.03. The summed E-state index contributed by atoms with van der Waals surface area (Å²) in [4.78, 5) is 26.8. The van der Waals surface area contributed by atoms with Crippen molar-refractivity contribution in [3.8, 4) is 0 Å². The van der Waals surface area contributed by atoms with Crippen LogP contribution in [0.1, 0.15) is 200 Å². The molecule has 1 aliphatic heterocycles. The molecule has 1 fully saturated rings. The number of unbranched alkanes of at least 4 members (excludes halogenated alkanes) is 24. The van der Waals surface area contributed by atoms with Crippen LogP contribution in [0.15, 0.2) is 0 Å². The maximum Gasteiger partial charge on any atom is 0.306 e. The van der Waals surface area contributed by atoms with Gasteiger partial charge in [-0.3, -0.25) is 9.59 Å². The van der Waals surface area contributed by atoms with Crippen LogP contribution in [0.25, 0.3) is 0 Å². The van der Waals surface area contributed by atoms with Gasteiger partial charge in [0.15, 0.2) is 0 Å². The molecule has 0 radical (unpaired) electrons. The smallest absolute Gasteiger partial charge is 0.306 e. The van der Waals surface area contributed by atoms with Gasteiger partial charge < -0.3 is 9.64 Å². The molecule has 1 aliphatic rings. The highest BCUT2D eigenvalue weighted by molar-refractivity contribution is 5.76. The summed E-state index contributed by atoms with van der Waals surface area (Å²) >= 11 is 0. The average Bonchev–Trinajstić information content (AvgIpc) is 3.42. The minimum atomic E-state index is -0.0925.